The van der Waals surface area contributed by atoms with Crippen LogP contribution in [0.3, 0.4) is 0 Å². The summed E-state index contributed by atoms with van der Waals surface area (Å²) in [5.74, 6) is 0. The van der Waals surface area contributed by atoms with Gasteiger partial charge in [-0.1, -0.05) is 11.6 Å². The van der Waals surface area contributed by atoms with E-state index in [-0.39, 0.29) is 11.4 Å². The lowest BCUT2D eigenvalue weighted by atomic mass is 9.80. The maximum Gasteiger partial charge on any atom is 0.322 e. The van der Waals surface area contributed by atoms with Crippen molar-refractivity contribution in [1.82, 2.24) is 14.7 Å². The van der Waals surface area contributed by atoms with E-state index in [9.17, 15) is 4.79 Å². The minimum atomic E-state index is -0.137. The zero-order valence-corrected chi connectivity index (χ0v) is 15.8. The molecular weight excluding hydrogens is 368 g/mol. The summed E-state index contributed by atoms with van der Waals surface area (Å²) in [6.45, 7) is 3.91. The number of halogens is 1. The van der Waals surface area contributed by atoms with Crippen molar-refractivity contribution >= 4 is 23.3 Å². The maximum absolute atomic E-state index is 13.0. The molecule has 144 valence electrons. The molecule has 2 amide bonds. The lowest BCUT2D eigenvalue weighted by Gasteiger charge is -2.38. The number of hydrogen-bond donors (Lipinski definition) is 1. The molecule has 0 saturated carbocycles. The molecule has 7 nitrogen and oxygen atoms in total. The second-order valence-corrected chi connectivity index (χ2v) is 7.57. The number of rotatable bonds is 2. The van der Waals surface area contributed by atoms with Crippen LogP contribution >= 0.6 is 11.6 Å². The Labute approximate surface area is 163 Å². The fourth-order valence-corrected chi connectivity index (χ4v) is 3.85. The second-order valence-electron chi connectivity index (χ2n) is 7.13. The first-order valence-electron chi connectivity index (χ1n) is 9.16. The van der Waals surface area contributed by atoms with E-state index in [1.165, 1.54) is 0 Å². The van der Waals surface area contributed by atoms with Gasteiger partial charge in [0.2, 0.25) is 0 Å². The van der Waals surface area contributed by atoms with Gasteiger partial charge < -0.3 is 19.7 Å². The van der Waals surface area contributed by atoms with Gasteiger partial charge in [0.1, 0.15) is 0 Å². The Balaban J connectivity index is 1.53. The predicted molar refractivity (Wildman–Crippen MR) is 102 cm³/mol. The standard InChI is InChI=1S/C19H23ClN4O3/c20-15-2-3-16(17(12-15)24-7-1-6-21-24)22-18(25)23-8-11-27-14-19(13-23)4-9-26-10-5-19/h1-3,6-7,12H,4-5,8-11,13-14H2,(H,22,25). The summed E-state index contributed by atoms with van der Waals surface area (Å²) in [4.78, 5) is 14.9. The molecule has 1 aromatic carbocycles. The van der Waals surface area contributed by atoms with E-state index in [1.54, 1.807) is 29.1 Å². The molecular formula is C19H23ClN4O3. The first kappa shape index (κ1) is 18.3. The average molecular weight is 391 g/mol. The van der Waals surface area contributed by atoms with Crippen molar-refractivity contribution in [2.24, 2.45) is 5.41 Å². The molecule has 2 aromatic rings. The van der Waals surface area contributed by atoms with Crippen molar-refractivity contribution in [1.29, 1.82) is 0 Å². The molecule has 1 aromatic heterocycles. The highest BCUT2D eigenvalue weighted by molar-refractivity contribution is 6.30. The number of carbonyl (C=O) groups excluding carboxylic acids is 1. The van der Waals surface area contributed by atoms with Crippen LogP contribution in [0.4, 0.5) is 10.5 Å². The average Bonchev–Trinajstić information content (AvgIpc) is 3.13. The Morgan fingerprint density at radius 2 is 2.07 bits per heavy atom. The third-order valence-corrected chi connectivity index (χ3v) is 5.47. The summed E-state index contributed by atoms with van der Waals surface area (Å²) in [7, 11) is 0. The molecule has 1 spiro atoms. The Hall–Kier alpha value is -2.09. The van der Waals surface area contributed by atoms with Crippen molar-refractivity contribution in [3.05, 3.63) is 41.7 Å². The van der Waals surface area contributed by atoms with Gasteiger partial charge in [-0.15, -0.1) is 0 Å². The third-order valence-electron chi connectivity index (χ3n) is 5.23. The Morgan fingerprint density at radius 3 is 2.85 bits per heavy atom. The molecule has 1 N–H and O–H groups in total. The fraction of sp³-hybridized carbons (Fsp3) is 0.474. The monoisotopic (exact) mass is 390 g/mol. The van der Waals surface area contributed by atoms with E-state index >= 15 is 0 Å². The summed E-state index contributed by atoms with van der Waals surface area (Å²) in [5.41, 5.74) is 1.38. The highest BCUT2D eigenvalue weighted by atomic mass is 35.5. The molecule has 2 aliphatic rings. The number of nitrogens with zero attached hydrogens (tertiary/aromatic N) is 3. The van der Waals surface area contributed by atoms with Gasteiger partial charge in [0.15, 0.2) is 0 Å². The number of nitrogens with one attached hydrogen (secondary N) is 1. The van der Waals surface area contributed by atoms with Crippen molar-refractivity contribution in [3.8, 4) is 5.69 Å². The molecule has 0 radical (unpaired) electrons. The SMILES string of the molecule is O=C(Nc1ccc(Cl)cc1-n1cccn1)N1CCOCC2(CCOCC2)C1. The molecule has 2 aliphatic heterocycles. The number of aromatic nitrogens is 2. The smallest absolute Gasteiger partial charge is 0.322 e. The zero-order chi connectivity index (χ0) is 18.7. The molecule has 0 unspecified atom stereocenters. The lowest BCUT2D eigenvalue weighted by Crippen LogP contribution is -2.46. The van der Waals surface area contributed by atoms with E-state index in [1.807, 2.05) is 17.2 Å². The minimum Gasteiger partial charge on any atom is -0.381 e. The molecule has 0 atom stereocenters. The molecule has 8 heteroatoms. The molecule has 2 saturated heterocycles. The van der Waals surface area contributed by atoms with Crippen molar-refractivity contribution in [3.63, 3.8) is 0 Å². The van der Waals surface area contributed by atoms with Gasteiger partial charge in [0, 0.05) is 49.1 Å². The van der Waals surface area contributed by atoms with E-state index < -0.39 is 0 Å². The highest BCUT2D eigenvalue weighted by Gasteiger charge is 2.38. The normalized spacial score (nSPS) is 19.7. The highest BCUT2D eigenvalue weighted by Crippen LogP contribution is 2.34. The second kappa shape index (κ2) is 7.88. The van der Waals surface area contributed by atoms with E-state index in [0.29, 0.717) is 37.0 Å². The zero-order valence-electron chi connectivity index (χ0n) is 15.1. The van der Waals surface area contributed by atoms with E-state index in [0.717, 1.165) is 31.7 Å². The fourth-order valence-electron chi connectivity index (χ4n) is 3.68. The van der Waals surface area contributed by atoms with Crippen LogP contribution in [0.25, 0.3) is 5.69 Å². The Morgan fingerprint density at radius 1 is 1.22 bits per heavy atom. The summed E-state index contributed by atoms with van der Waals surface area (Å²) in [6.07, 6.45) is 5.33. The topological polar surface area (TPSA) is 68.6 Å². The first-order valence-corrected chi connectivity index (χ1v) is 9.54. The van der Waals surface area contributed by atoms with Gasteiger partial charge in [-0.25, -0.2) is 9.48 Å². The third kappa shape index (κ3) is 4.10. The van der Waals surface area contributed by atoms with Gasteiger partial charge in [-0.3, -0.25) is 0 Å². The minimum absolute atomic E-state index is 0.0170. The van der Waals surface area contributed by atoms with Crippen LogP contribution in [0.15, 0.2) is 36.7 Å². The summed E-state index contributed by atoms with van der Waals surface area (Å²) in [6, 6.07) is 7.04. The van der Waals surface area contributed by atoms with Gasteiger partial charge in [0.05, 0.1) is 24.6 Å². The maximum atomic E-state index is 13.0. The number of amides is 2. The number of benzene rings is 1. The Bertz CT molecular complexity index is 790. The van der Waals surface area contributed by atoms with Crippen molar-refractivity contribution < 1.29 is 14.3 Å². The number of urea groups is 1. The van der Waals surface area contributed by atoms with E-state index in [4.69, 9.17) is 21.1 Å². The molecule has 3 heterocycles. The molecule has 27 heavy (non-hydrogen) atoms. The van der Waals surface area contributed by atoms with Crippen LogP contribution in [0.2, 0.25) is 5.02 Å². The van der Waals surface area contributed by atoms with Gasteiger partial charge in [-0.05, 0) is 37.1 Å². The first-order chi connectivity index (χ1) is 13.2. The predicted octanol–water partition coefficient (Wildman–Crippen LogP) is 3.19. The number of hydrogen-bond acceptors (Lipinski definition) is 4. The van der Waals surface area contributed by atoms with Crippen LogP contribution in [0.5, 0.6) is 0 Å². The van der Waals surface area contributed by atoms with Crippen LogP contribution < -0.4 is 5.32 Å². The molecule has 2 fully saturated rings. The number of carbonyl (C=O) groups is 1. The van der Waals surface area contributed by atoms with Gasteiger partial charge >= 0.3 is 6.03 Å². The van der Waals surface area contributed by atoms with E-state index in [2.05, 4.69) is 10.4 Å². The van der Waals surface area contributed by atoms with Crippen LogP contribution in [0, 0.1) is 5.41 Å². The number of anilines is 1. The summed E-state index contributed by atoms with van der Waals surface area (Å²) >= 11 is 6.15. The van der Waals surface area contributed by atoms with Crippen LogP contribution in [-0.2, 0) is 9.47 Å². The quantitative estimate of drug-likeness (QED) is 0.855. The van der Waals surface area contributed by atoms with Crippen LogP contribution in [-0.4, -0.2) is 60.2 Å². The van der Waals surface area contributed by atoms with Crippen LogP contribution in [0.1, 0.15) is 12.8 Å². The largest absolute Gasteiger partial charge is 0.381 e. The molecule has 4 rings (SSSR count). The summed E-state index contributed by atoms with van der Waals surface area (Å²) < 4.78 is 13.0. The Kier molecular flexibility index (Phi) is 5.33. The summed E-state index contributed by atoms with van der Waals surface area (Å²) in [5, 5.41) is 7.86. The van der Waals surface area contributed by atoms with Gasteiger partial charge in [0.25, 0.3) is 0 Å². The molecule has 0 aliphatic carbocycles. The molecule has 0 bridgehead atoms. The van der Waals surface area contributed by atoms with Gasteiger partial charge in [-0.2, -0.15) is 5.10 Å². The number of ether oxygens (including phenoxy) is 2. The van der Waals surface area contributed by atoms with Crippen molar-refractivity contribution in [2.45, 2.75) is 12.8 Å². The lowest BCUT2D eigenvalue weighted by molar-refractivity contribution is -0.0292. The van der Waals surface area contributed by atoms with Crippen molar-refractivity contribution in [2.75, 3.05) is 44.8 Å².